The number of anilines is 1. The van der Waals surface area contributed by atoms with Crippen molar-refractivity contribution in [2.75, 3.05) is 18.4 Å². The van der Waals surface area contributed by atoms with Gasteiger partial charge in [-0.15, -0.1) is 0 Å². The van der Waals surface area contributed by atoms with Crippen molar-refractivity contribution in [3.05, 3.63) is 64.1 Å². The van der Waals surface area contributed by atoms with Gasteiger partial charge in [-0.25, -0.2) is 0 Å². The lowest BCUT2D eigenvalue weighted by molar-refractivity contribution is 0.588. The van der Waals surface area contributed by atoms with E-state index in [1.807, 2.05) is 18.2 Å². The molecule has 0 aliphatic heterocycles. The molecule has 0 saturated carbocycles. The fourth-order valence-electron chi connectivity index (χ4n) is 2.01. The highest BCUT2D eigenvalue weighted by Gasteiger charge is 2.03. The van der Waals surface area contributed by atoms with E-state index in [-0.39, 0.29) is 0 Å². The second kappa shape index (κ2) is 7.53. The molecule has 0 bridgehead atoms. The summed E-state index contributed by atoms with van der Waals surface area (Å²) in [6.45, 7) is 3.83. The van der Waals surface area contributed by atoms with E-state index >= 15 is 0 Å². The summed E-state index contributed by atoms with van der Waals surface area (Å²) in [4.78, 5) is 0. The van der Waals surface area contributed by atoms with E-state index in [9.17, 15) is 0 Å². The monoisotopic (exact) mass is 308 g/mol. The number of hydrogen-bond donors (Lipinski definition) is 2. The first-order valence-corrected chi connectivity index (χ1v) is 7.39. The summed E-state index contributed by atoms with van der Waals surface area (Å²) in [5.41, 5.74) is 2.23. The highest BCUT2D eigenvalue weighted by atomic mass is 35.5. The van der Waals surface area contributed by atoms with Crippen molar-refractivity contribution in [1.82, 2.24) is 5.32 Å². The second-order valence-electron chi connectivity index (χ2n) is 4.67. The quantitative estimate of drug-likeness (QED) is 0.752. The fraction of sp³-hybridized carbons (Fsp3) is 0.250. The Kier molecular flexibility index (Phi) is 5.72. The van der Waals surface area contributed by atoms with Gasteiger partial charge < -0.3 is 10.6 Å². The Bertz CT molecular complexity index is 523. The van der Waals surface area contributed by atoms with Crippen molar-refractivity contribution in [3.63, 3.8) is 0 Å². The van der Waals surface area contributed by atoms with Crippen LogP contribution in [0.2, 0.25) is 10.0 Å². The summed E-state index contributed by atoms with van der Waals surface area (Å²) in [6, 6.07) is 16.2. The summed E-state index contributed by atoms with van der Waals surface area (Å²) in [5, 5.41) is 8.06. The van der Waals surface area contributed by atoms with E-state index in [1.54, 1.807) is 6.07 Å². The fourth-order valence-corrected chi connectivity index (χ4v) is 2.54. The van der Waals surface area contributed by atoms with Crippen molar-refractivity contribution >= 4 is 28.9 Å². The summed E-state index contributed by atoms with van der Waals surface area (Å²) < 4.78 is 0. The van der Waals surface area contributed by atoms with Crippen LogP contribution in [0, 0.1) is 0 Å². The normalized spacial score (nSPS) is 12.2. The van der Waals surface area contributed by atoms with Crippen LogP contribution in [-0.2, 0) is 0 Å². The molecule has 0 aliphatic rings. The van der Waals surface area contributed by atoms with E-state index < -0.39 is 0 Å². The third-order valence-corrected chi connectivity index (χ3v) is 3.50. The summed E-state index contributed by atoms with van der Waals surface area (Å²) in [5.74, 6) is 0. The molecule has 1 unspecified atom stereocenters. The van der Waals surface area contributed by atoms with Crippen LogP contribution in [0.5, 0.6) is 0 Å². The largest absolute Gasteiger partial charge is 0.384 e. The van der Waals surface area contributed by atoms with Crippen LogP contribution in [-0.4, -0.2) is 13.1 Å². The van der Waals surface area contributed by atoms with E-state index in [1.165, 1.54) is 5.56 Å². The summed E-state index contributed by atoms with van der Waals surface area (Å²) in [6.07, 6.45) is 0. The zero-order chi connectivity index (χ0) is 14.4. The molecule has 20 heavy (non-hydrogen) atoms. The highest BCUT2D eigenvalue weighted by Crippen LogP contribution is 2.22. The molecule has 0 heterocycles. The molecule has 2 rings (SSSR count). The molecule has 0 aromatic heterocycles. The molecule has 2 N–H and O–H groups in total. The maximum atomic E-state index is 5.95. The standard InChI is InChI=1S/C16H18Cl2N2/c1-12(13-5-3-2-4-6-13)19-7-8-20-16-10-14(17)9-15(18)11-16/h2-6,9-12,19-20H,7-8H2,1H3. The predicted molar refractivity (Wildman–Crippen MR) is 87.8 cm³/mol. The molecule has 2 aromatic carbocycles. The van der Waals surface area contributed by atoms with Gasteiger partial charge in [0.15, 0.2) is 0 Å². The van der Waals surface area contributed by atoms with Gasteiger partial charge in [-0.2, -0.15) is 0 Å². The van der Waals surface area contributed by atoms with Gasteiger partial charge in [-0.3, -0.25) is 0 Å². The van der Waals surface area contributed by atoms with Crippen molar-refractivity contribution < 1.29 is 0 Å². The van der Waals surface area contributed by atoms with Crippen molar-refractivity contribution in [2.24, 2.45) is 0 Å². The maximum Gasteiger partial charge on any atom is 0.0441 e. The van der Waals surface area contributed by atoms with Crippen LogP contribution in [0.4, 0.5) is 5.69 Å². The van der Waals surface area contributed by atoms with Crippen molar-refractivity contribution in [2.45, 2.75) is 13.0 Å². The van der Waals surface area contributed by atoms with Gasteiger partial charge in [0, 0.05) is 34.9 Å². The molecule has 4 heteroatoms. The molecular weight excluding hydrogens is 291 g/mol. The average Bonchev–Trinajstić information content (AvgIpc) is 2.43. The lowest BCUT2D eigenvalue weighted by atomic mass is 10.1. The topological polar surface area (TPSA) is 24.1 Å². The second-order valence-corrected chi connectivity index (χ2v) is 5.54. The van der Waals surface area contributed by atoms with Crippen LogP contribution < -0.4 is 10.6 Å². The Morgan fingerprint density at radius 3 is 2.25 bits per heavy atom. The van der Waals surface area contributed by atoms with Gasteiger partial charge in [0.05, 0.1) is 0 Å². The molecule has 2 aromatic rings. The van der Waals surface area contributed by atoms with Gasteiger partial charge in [0.2, 0.25) is 0 Å². The van der Waals surface area contributed by atoms with Crippen molar-refractivity contribution in [1.29, 1.82) is 0 Å². The molecule has 0 fully saturated rings. The molecule has 0 radical (unpaired) electrons. The molecule has 2 nitrogen and oxygen atoms in total. The van der Waals surface area contributed by atoms with E-state index in [0.717, 1.165) is 18.8 Å². The number of benzene rings is 2. The molecule has 0 saturated heterocycles. The highest BCUT2D eigenvalue weighted by molar-refractivity contribution is 6.35. The minimum atomic E-state index is 0.334. The first-order chi connectivity index (χ1) is 9.65. The number of halogens is 2. The molecule has 0 spiro atoms. The number of hydrogen-bond acceptors (Lipinski definition) is 2. The maximum absolute atomic E-state index is 5.95. The van der Waals surface area contributed by atoms with Gasteiger partial charge in [-0.05, 0) is 30.7 Å². The van der Waals surface area contributed by atoms with Crippen LogP contribution >= 0.6 is 23.2 Å². The van der Waals surface area contributed by atoms with Gasteiger partial charge >= 0.3 is 0 Å². The minimum absolute atomic E-state index is 0.334. The first-order valence-electron chi connectivity index (χ1n) is 6.63. The molecule has 1 atom stereocenters. The zero-order valence-electron chi connectivity index (χ0n) is 11.4. The van der Waals surface area contributed by atoms with Crippen LogP contribution in [0.25, 0.3) is 0 Å². The Morgan fingerprint density at radius 2 is 1.60 bits per heavy atom. The molecule has 0 aliphatic carbocycles. The average molecular weight is 309 g/mol. The third-order valence-electron chi connectivity index (χ3n) is 3.07. The van der Waals surface area contributed by atoms with E-state index in [0.29, 0.717) is 16.1 Å². The Balaban J connectivity index is 1.76. The van der Waals surface area contributed by atoms with E-state index in [2.05, 4.69) is 41.8 Å². The van der Waals surface area contributed by atoms with Crippen LogP contribution in [0.15, 0.2) is 48.5 Å². The first kappa shape index (κ1) is 15.2. The Labute approximate surface area is 130 Å². The van der Waals surface area contributed by atoms with Gasteiger partial charge in [0.25, 0.3) is 0 Å². The SMILES string of the molecule is CC(NCCNc1cc(Cl)cc(Cl)c1)c1ccccc1. The van der Waals surface area contributed by atoms with Gasteiger partial charge in [0.1, 0.15) is 0 Å². The minimum Gasteiger partial charge on any atom is -0.384 e. The zero-order valence-corrected chi connectivity index (χ0v) is 12.9. The third kappa shape index (κ3) is 4.71. The lowest BCUT2D eigenvalue weighted by Crippen LogP contribution is -2.25. The summed E-state index contributed by atoms with van der Waals surface area (Å²) >= 11 is 11.9. The predicted octanol–water partition coefficient (Wildman–Crippen LogP) is 4.76. The van der Waals surface area contributed by atoms with Crippen LogP contribution in [0.1, 0.15) is 18.5 Å². The molecule has 0 amide bonds. The lowest BCUT2D eigenvalue weighted by Gasteiger charge is -2.15. The van der Waals surface area contributed by atoms with Crippen LogP contribution in [0.3, 0.4) is 0 Å². The Hall–Kier alpha value is -1.22. The number of rotatable bonds is 6. The summed E-state index contributed by atoms with van der Waals surface area (Å²) in [7, 11) is 0. The smallest absolute Gasteiger partial charge is 0.0441 e. The number of nitrogens with one attached hydrogen (secondary N) is 2. The molecular formula is C16H18Cl2N2. The molecule has 106 valence electrons. The van der Waals surface area contributed by atoms with Gasteiger partial charge in [-0.1, -0.05) is 53.5 Å². The Morgan fingerprint density at radius 1 is 0.950 bits per heavy atom. The van der Waals surface area contributed by atoms with Crippen molar-refractivity contribution in [3.8, 4) is 0 Å². The van der Waals surface area contributed by atoms with E-state index in [4.69, 9.17) is 23.2 Å².